The summed E-state index contributed by atoms with van der Waals surface area (Å²) in [5.74, 6) is 1.50. The Morgan fingerprint density at radius 1 is 1.32 bits per heavy atom. The van der Waals surface area contributed by atoms with Gasteiger partial charge in [0.2, 0.25) is 0 Å². The summed E-state index contributed by atoms with van der Waals surface area (Å²) in [6, 6.07) is 3.50. The molecular formula is C19H20ClN5O3. The lowest BCUT2D eigenvalue weighted by atomic mass is 9.95. The number of pyridine rings is 2. The first kappa shape index (κ1) is 18.8. The predicted molar refractivity (Wildman–Crippen MR) is 106 cm³/mol. The molecule has 3 aromatic rings. The molecule has 1 aliphatic rings. The van der Waals surface area contributed by atoms with E-state index in [1.54, 1.807) is 37.8 Å². The largest absolute Gasteiger partial charge is 0.494 e. The Balaban J connectivity index is 1.89. The van der Waals surface area contributed by atoms with Crippen molar-refractivity contribution in [2.24, 2.45) is 5.92 Å². The minimum Gasteiger partial charge on any atom is -0.494 e. The zero-order valence-electron chi connectivity index (χ0n) is 15.3. The van der Waals surface area contributed by atoms with E-state index in [0.29, 0.717) is 47.6 Å². The average molecular weight is 402 g/mol. The van der Waals surface area contributed by atoms with E-state index in [4.69, 9.17) is 21.3 Å². The molecule has 0 amide bonds. The SMILES string of the molecule is COc1cncc2nc(-c3ccnc(Cl)c3)nc(N3CCC(O)C(CO)C3)c12. The third-order valence-corrected chi connectivity index (χ3v) is 5.19. The summed E-state index contributed by atoms with van der Waals surface area (Å²) in [5, 5.41) is 20.9. The van der Waals surface area contributed by atoms with Crippen molar-refractivity contribution < 1.29 is 14.9 Å². The molecule has 4 heterocycles. The molecule has 1 saturated heterocycles. The number of anilines is 1. The number of halogens is 1. The first-order chi connectivity index (χ1) is 13.6. The summed E-state index contributed by atoms with van der Waals surface area (Å²) in [6.45, 7) is 0.990. The maximum atomic E-state index is 10.1. The molecule has 9 heteroatoms. The second kappa shape index (κ2) is 7.83. The van der Waals surface area contributed by atoms with Crippen LogP contribution in [-0.2, 0) is 0 Å². The van der Waals surface area contributed by atoms with Crippen LogP contribution in [-0.4, -0.2) is 63.1 Å². The van der Waals surface area contributed by atoms with Gasteiger partial charge < -0.3 is 19.8 Å². The highest BCUT2D eigenvalue weighted by Crippen LogP contribution is 2.35. The number of aromatic nitrogens is 4. The molecule has 2 unspecified atom stereocenters. The number of aliphatic hydroxyl groups is 2. The maximum Gasteiger partial charge on any atom is 0.162 e. The van der Waals surface area contributed by atoms with Crippen LogP contribution in [0.4, 0.5) is 5.82 Å². The van der Waals surface area contributed by atoms with Crippen molar-refractivity contribution in [3.05, 3.63) is 35.9 Å². The van der Waals surface area contributed by atoms with Gasteiger partial charge in [0.15, 0.2) is 5.82 Å². The van der Waals surface area contributed by atoms with Crippen molar-refractivity contribution >= 4 is 28.3 Å². The van der Waals surface area contributed by atoms with Gasteiger partial charge >= 0.3 is 0 Å². The van der Waals surface area contributed by atoms with Gasteiger partial charge in [0.1, 0.15) is 16.7 Å². The molecule has 28 heavy (non-hydrogen) atoms. The molecule has 8 nitrogen and oxygen atoms in total. The molecule has 0 bridgehead atoms. The Hall–Kier alpha value is -2.55. The Labute approximate surface area is 166 Å². The second-order valence-corrected chi connectivity index (χ2v) is 7.11. The zero-order chi connectivity index (χ0) is 19.7. The first-order valence-electron chi connectivity index (χ1n) is 8.96. The predicted octanol–water partition coefficient (Wildman–Crippen LogP) is 1.93. The van der Waals surface area contributed by atoms with Gasteiger partial charge in [-0.25, -0.2) is 15.0 Å². The molecule has 0 aliphatic carbocycles. The van der Waals surface area contributed by atoms with Crippen LogP contribution in [0.25, 0.3) is 22.3 Å². The van der Waals surface area contributed by atoms with Crippen molar-refractivity contribution in [3.8, 4) is 17.1 Å². The molecule has 2 N–H and O–H groups in total. The van der Waals surface area contributed by atoms with Crippen molar-refractivity contribution in [3.63, 3.8) is 0 Å². The highest BCUT2D eigenvalue weighted by molar-refractivity contribution is 6.29. The molecule has 2 atom stereocenters. The molecule has 0 saturated carbocycles. The van der Waals surface area contributed by atoms with Gasteiger partial charge in [-0.05, 0) is 18.6 Å². The van der Waals surface area contributed by atoms with Crippen molar-refractivity contribution in [1.82, 2.24) is 19.9 Å². The Kier molecular flexibility index (Phi) is 5.25. The lowest BCUT2D eigenvalue weighted by Crippen LogP contribution is -2.45. The lowest BCUT2D eigenvalue weighted by molar-refractivity contribution is 0.0524. The van der Waals surface area contributed by atoms with Gasteiger partial charge in [-0.3, -0.25) is 4.98 Å². The van der Waals surface area contributed by atoms with E-state index in [1.165, 1.54) is 0 Å². The summed E-state index contributed by atoms with van der Waals surface area (Å²) in [7, 11) is 1.58. The Bertz CT molecular complexity index is 1000. The molecular weight excluding hydrogens is 382 g/mol. The van der Waals surface area contributed by atoms with Gasteiger partial charge in [-0.1, -0.05) is 11.6 Å². The van der Waals surface area contributed by atoms with Gasteiger partial charge in [0.25, 0.3) is 0 Å². The molecule has 4 rings (SSSR count). The van der Waals surface area contributed by atoms with Crippen LogP contribution in [0.2, 0.25) is 5.15 Å². The van der Waals surface area contributed by atoms with Gasteiger partial charge in [0.05, 0.1) is 43.1 Å². The van der Waals surface area contributed by atoms with Gasteiger partial charge in [-0.15, -0.1) is 0 Å². The average Bonchev–Trinajstić information content (AvgIpc) is 2.72. The third kappa shape index (κ3) is 3.46. The summed E-state index contributed by atoms with van der Waals surface area (Å²) < 4.78 is 5.50. The molecule has 0 radical (unpaired) electrons. The van der Waals surface area contributed by atoms with E-state index in [2.05, 4.69) is 15.0 Å². The number of hydrogen-bond acceptors (Lipinski definition) is 8. The van der Waals surface area contributed by atoms with Crippen LogP contribution in [0.5, 0.6) is 5.75 Å². The Morgan fingerprint density at radius 2 is 2.18 bits per heavy atom. The van der Waals surface area contributed by atoms with Gasteiger partial charge in [-0.2, -0.15) is 0 Å². The monoisotopic (exact) mass is 401 g/mol. The quantitative estimate of drug-likeness (QED) is 0.639. The molecule has 3 aromatic heterocycles. The summed E-state index contributed by atoms with van der Waals surface area (Å²) >= 11 is 6.04. The lowest BCUT2D eigenvalue weighted by Gasteiger charge is -2.36. The van der Waals surface area contributed by atoms with E-state index in [1.807, 2.05) is 4.90 Å². The van der Waals surface area contributed by atoms with Crippen LogP contribution < -0.4 is 9.64 Å². The molecule has 146 valence electrons. The zero-order valence-corrected chi connectivity index (χ0v) is 16.0. The van der Waals surface area contributed by atoms with Gasteiger partial charge in [0, 0.05) is 30.8 Å². The number of ether oxygens (including phenoxy) is 1. The number of hydrogen-bond donors (Lipinski definition) is 2. The number of rotatable bonds is 4. The summed E-state index contributed by atoms with van der Waals surface area (Å²) in [4.78, 5) is 19.7. The highest BCUT2D eigenvalue weighted by Gasteiger charge is 2.30. The highest BCUT2D eigenvalue weighted by atomic mass is 35.5. The van der Waals surface area contributed by atoms with E-state index in [-0.39, 0.29) is 12.5 Å². The number of fused-ring (bicyclic) bond motifs is 1. The van der Waals surface area contributed by atoms with Crippen molar-refractivity contribution in [1.29, 1.82) is 0 Å². The van der Waals surface area contributed by atoms with Crippen LogP contribution in [0.1, 0.15) is 6.42 Å². The first-order valence-corrected chi connectivity index (χ1v) is 9.34. The van der Waals surface area contributed by atoms with Crippen molar-refractivity contribution in [2.75, 3.05) is 31.7 Å². The fourth-order valence-corrected chi connectivity index (χ4v) is 3.66. The van der Waals surface area contributed by atoms with Crippen LogP contribution in [0.15, 0.2) is 30.7 Å². The van der Waals surface area contributed by atoms with E-state index >= 15 is 0 Å². The molecule has 1 aliphatic heterocycles. The minimum absolute atomic E-state index is 0.0911. The smallest absolute Gasteiger partial charge is 0.162 e. The van der Waals surface area contributed by atoms with E-state index < -0.39 is 6.10 Å². The molecule has 1 fully saturated rings. The fraction of sp³-hybridized carbons (Fsp3) is 0.368. The number of methoxy groups -OCH3 is 1. The van der Waals surface area contributed by atoms with Crippen molar-refractivity contribution in [2.45, 2.75) is 12.5 Å². The molecule has 0 spiro atoms. The van der Waals surface area contributed by atoms with Crippen LogP contribution in [0.3, 0.4) is 0 Å². The summed E-state index contributed by atoms with van der Waals surface area (Å²) in [6.07, 6.45) is 4.91. The number of nitrogens with zero attached hydrogens (tertiary/aromatic N) is 5. The number of piperidine rings is 1. The van der Waals surface area contributed by atoms with Crippen LogP contribution >= 0.6 is 11.6 Å². The standard InChI is InChI=1S/C19H20ClN5O3/c1-28-15-8-21-7-13-17(15)19(25-5-3-14(27)12(9-25)10-26)24-18(23-13)11-2-4-22-16(20)6-11/h2,4,6-8,12,14,26-27H,3,5,9-10H2,1H3. The fourth-order valence-electron chi connectivity index (χ4n) is 3.48. The number of aliphatic hydroxyl groups excluding tert-OH is 2. The third-order valence-electron chi connectivity index (χ3n) is 4.99. The topological polar surface area (TPSA) is 104 Å². The maximum absolute atomic E-state index is 10.1. The molecule has 0 aromatic carbocycles. The summed E-state index contributed by atoms with van der Waals surface area (Å²) in [5.41, 5.74) is 1.38. The van der Waals surface area contributed by atoms with Crippen LogP contribution in [0, 0.1) is 5.92 Å². The second-order valence-electron chi connectivity index (χ2n) is 6.72. The minimum atomic E-state index is -0.531. The Morgan fingerprint density at radius 3 is 2.93 bits per heavy atom. The van der Waals surface area contributed by atoms with E-state index in [0.717, 1.165) is 10.9 Å². The van der Waals surface area contributed by atoms with E-state index in [9.17, 15) is 10.2 Å². The normalized spacial score (nSPS) is 19.8.